The number of para-hydroxylation sites is 2. The molecular weight excluding hydrogens is 520 g/mol. The predicted octanol–water partition coefficient (Wildman–Crippen LogP) is 0.909. The number of alkyl halides is 2. The first kappa shape index (κ1) is 25.0. The molecule has 3 aliphatic heterocycles. The fourth-order valence-corrected chi connectivity index (χ4v) is 6.57. The third kappa shape index (κ3) is 4.38. The zero-order valence-electron chi connectivity index (χ0n) is 20.4. The molecule has 6 rings (SSSR count). The van der Waals surface area contributed by atoms with Gasteiger partial charge in [0, 0.05) is 56.6 Å². The number of hydrogen-bond donors (Lipinski definition) is 1. The molecule has 38 heavy (non-hydrogen) atoms. The lowest BCUT2D eigenvalue weighted by atomic mass is 9.74. The predicted molar refractivity (Wildman–Crippen MR) is 136 cm³/mol. The van der Waals surface area contributed by atoms with Crippen molar-refractivity contribution < 1.29 is 21.9 Å². The first-order chi connectivity index (χ1) is 18.3. The average Bonchev–Trinajstić information content (AvgIpc) is 3.26. The molecule has 1 aromatic carbocycles. The molecular formula is C23H27F2N9O3S. The smallest absolute Gasteiger partial charge is 0.296 e. The summed E-state index contributed by atoms with van der Waals surface area (Å²) in [4.78, 5) is 21.8. The SMILES string of the molecule is NC/C=C/S(=O)(=O)N1CC2(CN(c3nc(N4CCOCC4)nc(-n4c(C(F)F)nc5ccccc54)n3)C2)C1. The summed E-state index contributed by atoms with van der Waals surface area (Å²) in [6, 6.07) is 6.85. The number of hydrogen-bond acceptors (Lipinski definition) is 10. The van der Waals surface area contributed by atoms with E-state index in [1.807, 2.05) is 9.80 Å². The van der Waals surface area contributed by atoms with Crippen LogP contribution in [-0.2, 0) is 14.8 Å². The van der Waals surface area contributed by atoms with Crippen LogP contribution in [0.5, 0.6) is 0 Å². The number of morpholine rings is 1. The Labute approximate surface area is 217 Å². The minimum atomic E-state index is -3.49. The number of nitrogens with two attached hydrogens (primary N) is 1. The molecule has 15 heteroatoms. The maximum atomic E-state index is 14.1. The molecule has 5 heterocycles. The monoisotopic (exact) mass is 547 g/mol. The molecule has 0 aliphatic carbocycles. The van der Waals surface area contributed by atoms with Crippen molar-refractivity contribution in [2.75, 3.05) is 68.8 Å². The van der Waals surface area contributed by atoms with E-state index < -0.39 is 22.3 Å². The van der Waals surface area contributed by atoms with Gasteiger partial charge < -0.3 is 20.3 Å². The molecule has 0 atom stereocenters. The molecule has 0 unspecified atom stereocenters. The third-order valence-corrected chi connectivity index (χ3v) is 8.51. The summed E-state index contributed by atoms with van der Waals surface area (Å²) in [5, 5.41) is 1.14. The van der Waals surface area contributed by atoms with Gasteiger partial charge in [-0.25, -0.2) is 22.2 Å². The lowest BCUT2D eigenvalue weighted by Gasteiger charge is -2.59. The van der Waals surface area contributed by atoms with Gasteiger partial charge in [-0.05, 0) is 12.1 Å². The molecule has 2 N–H and O–H groups in total. The summed E-state index contributed by atoms with van der Waals surface area (Å²) in [6.45, 7) is 4.12. The Morgan fingerprint density at radius 1 is 0.974 bits per heavy atom. The molecule has 202 valence electrons. The highest BCUT2D eigenvalue weighted by atomic mass is 32.2. The molecule has 12 nitrogen and oxygen atoms in total. The number of sulfonamides is 1. The largest absolute Gasteiger partial charge is 0.378 e. The highest BCUT2D eigenvalue weighted by Gasteiger charge is 2.55. The van der Waals surface area contributed by atoms with Crippen LogP contribution in [0.15, 0.2) is 35.7 Å². The number of benzene rings is 1. The van der Waals surface area contributed by atoms with Crippen LogP contribution >= 0.6 is 0 Å². The van der Waals surface area contributed by atoms with Crippen molar-refractivity contribution in [1.82, 2.24) is 28.8 Å². The van der Waals surface area contributed by atoms with Crippen molar-refractivity contribution in [3.8, 4) is 5.95 Å². The van der Waals surface area contributed by atoms with Crippen LogP contribution in [0, 0.1) is 5.41 Å². The van der Waals surface area contributed by atoms with Gasteiger partial charge in [0.1, 0.15) is 0 Å². The average molecular weight is 548 g/mol. The zero-order valence-corrected chi connectivity index (χ0v) is 21.3. The fourth-order valence-electron chi connectivity index (χ4n) is 5.14. The Bertz CT molecular complexity index is 1480. The van der Waals surface area contributed by atoms with Crippen LogP contribution in [0.1, 0.15) is 12.2 Å². The van der Waals surface area contributed by atoms with Crippen LogP contribution < -0.4 is 15.5 Å². The van der Waals surface area contributed by atoms with Gasteiger partial charge in [0.25, 0.3) is 6.43 Å². The van der Waals surface area contributed by atoms with Gasteiger partial charge in [-0.2, -0.15) is 19.3 Å². The van der Waals surface area contributed by atoms with Gasteiger partial charge in [0.05, 0.1) is 24.2 Å². The summed E-state index contributed by atoms with van der Waals surface area (Å²) in [5.41, 5.74) is 6.07. The second-order valence-electron chi connectivity index (χ2n) is 9.71. The van der Waals surface area contributed by atoms with Gasteiger partial charge >= 0.3 is 0 Å². The van der Waals surface area contributed by atoms with E-state index in [-0.39, 0.29) is 17.9 Å². The van der Waals surface area contributed by atoms with E-state index in [1.54, 1.807) is 24.3 Å². The quantitative estimate of drug-likeness (QED) is 0.455. The maximum Gasteiger partial charge on any atom is 0.296 e. The van der Waals surface area contributed by atoms with Crippen molar-refractivity contribution in [2.24, 2.45) is 11.1 Å². The second-order valence-corrected chi connectivity index (χ2v) is 11.5. The molecule has 3 saturated heterocycles. The Morgan fingerprint density at radius 3 is 2.32 bits per heavy atom. The van der Waals surface area contributed by atoms with E-state index in [0.29, 0.717) is 75.4 Å². The second kappa shape index (κ2) is 9.48. The van der Waals surface area contributed by atoms with E-state index in [4.69, 9.17) is 10.5 Å². The number of ether oxygens (including phenoxy) is 1. The van der Waals surface area contributed by atoms with Gasteiger partial charge in [0.15, 0.2) is 5.82 Å². The highest BCUT2D eigenvalue weighted by molar-refractivity contribution is 7.92. The third-order valence-electron chi connectivity index (χ3n) is 7.00. The topological polar surface area (TPSA) is 136 Å². The molecule has 0 amide bonds. The Balaban J connectivity index is 1.32. The first-order valence-corrected chi connectivity index (χ1v) is 13.8. The summed E-state index contributed by atoms with van der Waals surface area (Å²) >= 11 is 0. The molecule has 3 aliphatic rings. The molecule has 0 bridgehead atoms. The van der Waals surface area contributed by atoms with Crippen LogP contribution in [0.3, 0.4) is 0 Å². The fraction of sp³-hybridized carbons (Fsp3) is 0.478. The number of nitrogens with zero attached hydrogens (tertiary/aromatic N) is 8. The van der Waals surface area contributed by atoms with Gasteiger partial charge in [-0.3, -0.25) is 4.57 Å². The van der Waals surface area contributed by atoms with Crippen LogP contribution in [0.2, 0.25) is 0 Å². The molecule has 2 aromatic heterocycles. The minimum Gasteiger partial charge on any atom is -0.378 e. The van der Waals surface area contributed by atoms with Crippen molar-refractivity contribution >= 4 is 33.0 Å². The van der Waals surface area contributed by atoms with E-state index in [9.17, 15) is 17.2 Å². The normalized spacial score (nSPS) is 20.0. The maximum absolute atomic E-state index is 14.1. The van der Waals surface area contributed by atoms with Crippen LogP contribution in [0.4, 0.5) is 20.7 Å². The lowest BCUT2D eigenvalue weighted by Crippen LogP contribution is -2.73. The zero-order chi connectivity index (χ0) is 26.5. The minimum absolute atomic E-state index is 0.0613. The first-order valence-electron chi connectivity index (χ1n) is 12.2. The van der Waals surface area contributed by atoms with Gasteiger partial charge in [-0.15, -0.1) is 0 Å². The standard InChI is InChI=1S/C23H27F2N9O3S/c24-18(25)19-27-16-4-1-2-5-17(16)34(19)22-29-20(31-7-9-37-10-8-31)28-21(30-22)32-12-23(13-32)14-33(15-23)38(35,36)11-3-6-26/h1-5,11,18H,6-10,12-15,26H2/b11-3+. The number of imidazole rings is 1. The molecule has 0 saturated carbocycles. The number of aromatic nitrogens is 5. The molecule has 3 aromatic rings. The van der Waals surface area contributed by atoms with Crippen molar-refractivity contribution in [1.29, 1.82) is 0 Å². The van der Waals surface area contributed by atoms with Gasteiger partial charge in [0.2, 0.25) is 27.9 Å². The number of fused-ring (bicyclic) bond motifs is 1. The van der Waals surface area contributed by atoms with Crippen LogP contribution in [-0.4, -0.2) is 96.3 Å². The van der Waals surface area contributed by atoms with E-state index in [0.717, 1.165) is 5.41 Å². The summed E-state index contributed by atoms with van der Waals surface area (Å²) in [5.74, 6) is 0.342. The summed E-state index contributed by atoms with van der Waals surface area (Å²) in [7, 11) is -3.49. The van der Waals surface area contributed by atoms with E-state index in [2.05, 4.69) is 19.9 Å². The Morgan fingerprint density at radius 2 is 1.63 bits per heavy atom. The number of halogens is 2. The molecule has 3 fully saturated rings. The lowest BCUT2D eigenvalue weighted by molar-refractivity contribution is 0.0393. The van der Waals surface area contributed by atoms with E-state index >= 15 is 0 Å². The molecule has 1 spiro atoms. The van der Waals surface area contributed by atoms with Crippen molar-refractivity contribution in [2.45, 2.75) is 6.43 Å². The summed E-state index contributed by atoms with van der Waals surface area (Å²) in [6.07, 6.45) is -1.42. The van der Waals surface area contributed by atoms with Crippen LogP contribution in [0.25, 0.3) is 17.0 Å². The Hall–Kier alpha value is -3.27. The number of rotatable bonds is 7. The van der Waals surface area contributed by atoms with Crippen molar-refractivity contribution in [3.63, 3.8) is 0 Å². The number of anilines is 2. The van der Waals surface area contributed by atoms with Gasteiger partial charge in [-0.1, -0.05) is 18.2 Å². The molecule has 0 radical (unpaired) electrons. The van der Waals surface area contributed by atoms with E-state index in [1.165, 1.54) is 14.9 Å². The Kier molecular flexibility index (Phi) is 6.25. The summed E-state index contributed by atoms with van der Waals surface area (Å²) < 4.78 is 61.0. The van der Waals surface area contributed by atoms with Crippen molar-refractivity contribution in [3.05, 3.63) is 41.6 Å². The highest BCUT2D eigenvalue weighted by Crippen LogP contribution is 2.43.